The van der Waals surface area contributed by atoms with Gasteiger partial charge < -0.3 is 19.7 Å². The van der Waals surface area contributed by atoms with Crippen LogP contribution in [-0.2, 0) is 4.79 Å². The van der Waals surface area contributed by atoms with Crippen molar-refractivity contribution in [3.05, 3.63) is 59.7 Å². The summed E-state index contributed by atoms with van der Waals surface area (Å²) in [5.41, 5.74) is 3.41. The molecule has 7 nitrogen and oxygen atoms in total. The van der Waals surface area contributed by atoms with Crippen molar-refractivity contribution in [2.45, 2.75) is 13.0 Å². The molecule has 1 aliphatic heterocycles. The van der Waals surface area contributed by atoms with E-state index in [0.29, 0.717) is 22.6 Å². The van der Waals surface area contributed by atoms with Crippen LogP contribution in [0.3, 0.4) is 0 Å². The highest BCUT2D eigenvalue weighted by Gasteiger charge is 2.27. The third-order valence-corrected chi connectivity index (χ3v) is 4.48. The fourth-order valence-electron chi connectivity index (χ4n) is 3.05. The topological polar surface area (TPSA) is 100 Å². The van der Waals surface area contributed by atoms with Crippen molar-refractivity contribution in [1.29, 1.82) is 0 Å². The second-order valence-electron chi connectivity index (χ2n) is 6.49. The zero-order valence-corrected chi connectivity index (χ0v) is 15.0. The highest BCUT2D eigenvalue weighted by molar-refractivity contribution is 5.89. The van der Waals surface area contributed by atoms with Crippen LogP contribution >= 0.6 is 0 Å². The van der Waals surface area contributed by atoms with Gasteiger partial charge in [-0.3, -0.25) is 4.79 Å². The molecule has 0 fully saturated rings. The molecule has 3 N–H and O–H groups in total. The molecule has 142 valence electrons. The van der Waals surface area contributed by atoms with E-state index < -0.39 is 12.0 Å². The molecule has 3 aromatic carbocycles. The van der Waals surface area contributed by atoms with E-state index in [4.69, 9.17) is 9.47 Å². The van der Waals surface area contributed by atoms with E-state index in [1.54, 1.807) is 6.92 Å². The lowest BCUT2D eigenvalue weighted by atomic mass is 10.1. The molecule has 28 heavy (non-hydrogen) atoms. The minimum atomic E-state index is -0.847. The maximum atomic E-state index is 12.4. The number of phenols is 2. The van der Waals surface area contributed by atoms with Crippen LogP contribution in [0.5, 0.6) is 23.0 Å². The fourth-order valence-corrected chi connectivity index (χ4v) is 3.05. The average molecular weight is 378 g/mol. The first-order valence-corrected chi connectivity index (χ1v) is 8.69. The molecule has 1 heterocycles. The van der Waals surface area contributed by atoms with Gasteiger partial charge in [-0.15, -0.1) is 0 Å². The largest absolute Gasteiger partial charge is 0.508 e. The van der Waals surface area contributed by atoms with E-state index in [-0.39, 0.29) is 18.1 Å². The number of fused-ring (bicyclic) bond motifs is 2. The molecular weight excluding hydrogens is 360 g/mol. The summed E-state index contributed by atoms with van der Waals surface area (Å²) in [6.07, 6.45) is 0.466. The SMILES string of the molecule is Cc1cc(O)cc(O)c1/C=N/NC(=O)C1COc2cc3ccccc3cc2O1. The Labute approximate surface area is 160 Å². The van der Waals surface area contributed by atoms with E-state index in [2.05, 4.69) is 10.5 Å². The number of hydrogen-bond acceptors (Lipinski definition) is 6. The Hall–Kier alpha value is -3.74. The average Bonchev–Trinajstić information content (AvgIpc) is 2.67. The third-order valence-electron chi connectivity index (χ3n) is 4.48. The Morgan fingerprint density at radius 2 is 1.86 bits per heavy atom. The van der Waals surface area contributed by atoms with Crippen molar-refractivity contribution in [1.82, 2.24) is 5.43 Å². The van der Waals surface area contributed by atoms with Crippen LogP contribution in [0.15, 0.2) is 53.6 Å². The van der Waals surface area contributed by atoms with Crippen molar-refractivity contribution in [3.8, 4) is 23.0 Å². The first-order valence-electron chi connectivity index (χ1n) is 8.69. The van der Waals surface area contributed by atoms with Gasteiger partial charge in [-0.25, -0.2) is 5.43 Å². The van der Waals surface area contributed by atoms with Gasteiger partial charge in [0.2, 0.25) is 6.10 Å². The lowest BCUT2D eigenvalue weighted by Gasteiger charge is -2.25. The van der Waals surface area contributed by atoms with Crippen molar-refractivity contribution in [2.75, 3.05) is 6.61 Å². The third kappa shape index (κ3) is 3.42. The molecule has 1 unspecified atom stereocenters. The van der Waals surface area contributed by atoms with Gasteiger partial charge in [-0.1, -0.05) is 24.3 Å². The van der Waals surface area contributed by atoms with Gasteiger partial charge in [0.25, 0.3) is 5.91 Å². The van der Waals surface area contributed by atoms with Gasteiger partial charge in [0.1, 0.15) is 18.1 Å². The number of nitrogens with zero attached hydrogens (tertiary/aromatic N) is 1. The van der Waals surface area contributed by atoms with Crippen LogP contribution in [-0.4, -0.2) is 35.0 Å². The molecular formula is C21H18N2O5. The summed E-state index contributed by atoms with van der Waals surface area (Å²) in [5.74, 6) is 0.451. The Bertz CT molecular complexity index is 1070. The highest BCUT2D eigenvalue weighted by atomic mass is 16.6. The number of aromatic hydroxyl groups is 2. The first-order chi connectivity index (χ1) is 13.5. The number of hydrogen-bond donors (Lipinski definition) is 3. The van der Waals surface area contributed by atoms with E-state index >= 15 is 0 Å². The smallest absolute Gasteiger partial charge is 0.284 e. The molecule has 1 atom stereocenters. The number of nitrogens with one attached hydrogen (secondary N) is 1. The molecule has 1 amide bonds. The molecule has 0 bridgehead atoms. The predicted molar refractivity (Wildman–Crippen MR) is 104 cm³/mol. The van der Waals surface area contributed by atoms with Gasteiger partial charge >= 0.3 is 0 Å². The molecule has 0 saturated carbocycles. The predicted octanol–water partition coefficient (Wildman–Crippen LogP) is 2.85. The van der Waals surface area contributed by atoms with Crippen molar-refractivity contribution in [3.63, 3.8) is 0 Å². The molecule has 0 aromatic heterocycles. The van der Waals surface area contributed by atoms with E-state index in [1.165, 1.54) is 18.3 Å². The lowest BCUT2D eigenvalue weighted by Crippen LogP contribution is -2.42. The molecule has 0 aliphatic carbocycles. The minimum absolute atomic E-state index is 0.0462. The summed E-state index contributed by atoms with van der Waals surface area (Å²) in [6.45, 7) is 1.78. The first kappa shape index (κ1) is 17.7. The van der Waals surface area contributed by atoms with E-state index in [9.17, 15) is 15.0 Å². The molecule has 0 spiro atoms. The molecule has 0 radical (unpaired) electrons. The zero-order chi connectivity index (χ0) is 19.7. The van der Waals surface area contributed by atoms with Crippen molar-refractivity contribution >= 4 is 22.9 Å². The fraction of sp³-hybridized carbons (Fsp3) is 0.143. The molecule has 7 heteroatoms. The van der Waals surface area contributed by atoms with Gasteiger partial charge in [0.15, 0.2) is 11.5 Å². The van der Waals surface area contributed by atoms with E-state index in [1.807, 2.05) is 36.4 Å². The van der Waals surface area contributed by atoms with Gasteiger partial charge in [-0.2, -0.15) is 5.10 Å². The van der Waals surface area contributed by atoms with Gasteiger partial charge in [0.05, 0.1) is 6.21 Å². The van der Waals surface area contributed by atoms with Gasteiger partial charge in [0, 0.05) is 11.6 Å². The highest BCUT2D eigenvalue weighted by Crippen LogP contribution is 2.35. The Morgan fingerprint density at radius 1 is 1.14 bits per heavy atom. The number of aryl methyl sites for hydroxylation is 1. The van der Waals surface area contributed by atoms with Crippen LogP contribution in [0.4, 0.5) is 0 Å². The summed E-state index contributed by atoms with van der Waals surface area (Å²) in [5, 5.41) is 25.2. The Morgan fingerprint density at radius 3 is 2.57 bits per heavy atom. The maximum absolute atomic E-state index is 12.4. The summed E-state index contributed by atoms with van der Waals surface area (Å²) < 4.78 is 11.5. The second kappa shape index (κ2) is 7.11. The normalized spacial score (nSPS) is 15.7. The van der Waals surface area contributed by atoms with Crippen molar-refractivity contribution < 1.29 is 24.5 Å². The van der Waals surface area contributed by atoms with Gasteiger partial charge in [-0.05, 0) is 41.5 Å². The Kier molecular flexibility index (Phi) is 4.49. The summed E-state index contributed by atoms with van der Waals surface area (Å²) in [7, 11) is 0. The van der Waals surface area contributed by atoms with Crippen LogP contribution < -0.4 is 14.9 Å². The Balaban J connectivity index is 1.46. The number of carbonyl (C=O) groups is 1. The monoisotopic (exact) mass is 378 g/mol. The minimum Gasteiger partial charge on any atom is -0.508 e. The van der Waals surface area contributed by atoms with Crippen LogP contribution in [0.1, 0.15) is 11.1 Å². The lowest BCUT2D eigenvalue weighted by molar-refractivity contribution is -0.130. The molecule has 3 aromatic rings. The standard InChI is InChI=1S/C21H18N2O5/c1-12-6-15(24)9-17(25)16(12)10-22-23-21(26)20-11-27-18-7-13-4-2-3-5-14(13)8-19(18)28-20/h2-10,20,24-25H,11H2,1H3,(H,23,26)/b22-10+. The van der Waals surface area contributed by atoms with Crippen LogP contribution in [0.2, 0.25) is 0 Å². The number of ether oxygens (including phenoxy) is 2. The van der Waals surface area contributed by atoms with E-state index in [0.717, 1.165) is 10.8 Å². The number of hydrazone groups is 1. The molecule has 4 rings (SSSR count). The zero-order valence-electron chi connectivity index (χ0n) is 15.0. The van der Waals surface area contributed by atoms with Crippen LogP contribution in [0.25, 0.3) is 10.8 Å². The summed E-state index contributed by atoms with van der Waals surface area (Å²) >= 11 is 0. The molecule has 0 saturated heterocycles. The van der Waals surface area contributed by atoms with Crippen LogP contribution in [0, 0.1) is 6.92 Å². The second-order valence-corrected chi connectivity index (χ2v) is 6.49. The number of benzene rings is 3. The number of amides is 1. The number of carbonyl (C=O) groups excluding carboxylic acids is 1. The number of phenolic OH excluding ortho intramolecular Hbond substituents is 2. The summed E-state index contributed by atoms with van der Waals surface area (Å²) in [6, 6.07) is 14.2. The van der Waals surface area contributed by atoms with Crippen molar-refractivity contribution in [2.24, 2.45) is 5.10 Å². The molecule has 1 aliphatic rings. The quantitative estimate of drug-likeness (QED) is 0.481. The number of rotatable bonds is 3. The maximum Gasteiger partial charge on any atom is 0.284 e. The summed E-state index contributed by atoms with van der Waals surface area (Å²) in [4.78, 5) is 12.4.